The third kappa shape index (κ3) is 5.37. The molecule has 4 amide bonds. The number of amides is 4. The maximum atomic E-state index is 13.9. The first kappa shape index (κ1) is 23.3. The van der Waals surface area contributed by atoms with Gasteiger partial charge in [-0.1, -0.05) is 30.3 Å². The summed E-state index contributed by atoms with van der Waals surface area (Å²) in [6, 6.07) is 8.21. The molecule has 0 aromatic heterocycles. The van der Waals surface area contributed by atoms with Crippen molar-refractivity contribution in [3.8, 4) is 0 Å². The van der Waals surface area contributed by atoms with E-state index in [2.05, 4.69) is 10.6 Å². The molecular weight excluding hydrogens is 420 g/mol. The molecule has 0 saturated carbocycles. The van der Waals surface area contributed by atoms with Crippen molar-refractivity contribution in [1.82, 2.24) is 20.4 Å². The van der Waals surface area contributed by atoms with Crippen LogP contribution in [0.3, 0.4) is 0 Å². The first-order valence-corrected chi connectivity index (χ1v) is 12.0. The minimum atomic E-state index is -0.705. The molecule has 2 N–H and O–H groups in total. The zero-order valence-electron chi connectivity index (χ0n) is 19.5. The topological polar surface area (TPSA) is 98.8 Å². The molecule has 33 heavy (non-hydrogen) atoms. The minimum absolute atomic E-state index is 0.0456. The van der Waals surface area contributed by atoms with Crippen molar-refractivity contribution in [2.45, 2.75) is 64.1 Å². The van der Waals surface area contributed by atoms with Gasteiger partial charge in [-0.25, -0.2) is 0 Å². The van der Waals surface area contributed by atoms with Crippen LogP contribution in [0.25, 0.3) is 0 Å². The van der Waals surface area contributed by atoms with Crippen LogP contribution in [0.15, 0.2) is 30.3 Å². The number of hydrogen-bond acceptors (Lipinski definition) is 4. The first-order chi connectivity index (χ1) is 15.8. The maximum absolute atomic E-state index is 13.9. The lowest BCUT2D eigenvalue weighted by atomic mass is 9.77. The Morgan fingerprint density at radius 2 is 1.82 bits per heavy atom. The third-order valence-electron chi connectivity index (χ3n) is 7.27. The second-order valence-electron chi connectivity index (χ2n) is 9.78. The Morgan fingerprint density at radius 1 is 1.06 bits per heavy atom. The number of hydrogen-bond donors (Lipinski definition) is 2. The summed E-state index contributed by atoms with van der Waals surface area (Å²) >= 11 is 0. The average molecular weight is 455 g/mol. The number of fused-ring (bicyclic) bond motifs is 4. The highest BCUT2D eigenvalue weighted by molar-refractivity contribution is 5.92. The number of nitrogens with zero attached hydrogens (tertiary/aromatic N) is 2. The average Bonchev–Trinajstić information content (AvgIpc) is 2.79. The third-order valence-corrected chi connectivity index (χ3v) is 7.27. The van der Waals surface area contributed by atoms with Gasteiger partial charge in [0.25, 0.3) is 0 Å². The monoisotopic (exact) mass is 454 g/mol. The lowest BCUT2D eigenvalue weighted by molar-refractivity contribution is -0.148. The van der Waals surface area contributed by atoms with E-state index in [-0.39, 0.29) is 41.5 Å². The number of benzene rings is 1. The standard InChI is InChI=1S/C25H34N4O4/c1-16-24(32)27-21(12-18-7-4-3-5-8-18)25(33)29-14-19-11-20(15-28(13-19)17(2)30)22(29)9-6-10-23(31)26-16/h3-5,7-8,16,19-22H,6,9-15H2,1-2H3,(H,26,31)(H,27,32)/t16-,19+,20-,21+,22+/m1/s1. The Labute approximate surface area is 195 Å². The Hall–Kier alpha value is -2.90. The minimum Gasteiger partial charge on any atom is -0.345 e. The number of likely N-dealkylation sites (tertiary alicyclic amines) is 1. The van der Waals surface area contributed by atoms with E-state index < -0.39 is 12.1 Å². The van der Waals surface area contributed by atoms with Gasteiger partial charge in [0.15, 0.2) is 0 Å². The van der Waals surface area contributed by atoms with Crippen molar-refractivity contribution in [2.24, 2.45) is 11.8 Å². The summed E-state index contributed by atoms with van der Waals surface area (Å²) < 4.78 is 0. The molecule has 1 aromatic carbocycles. The lowest BCUT2D eigenvalue weighted by Gasteiger charge is -2.51. The highest BCUT2D eigenvalue weighted by Gasteiger charge is 2.44. The number of piperidine rings is 2. The van der Waals surface area contributed by atoms with Gasteiger partial charge in [0, 0.05) is 45.4 Å². The molecule has 8 nitrogen and oxygen atoms in total. The highest BCUT2D eigenvalue weighted by Crippen LogP contribution is 2.36. The summed E-state index contributed by atoms with van der Waals surface area (Å²) in [5.41, 5.74) is 0.969. The van der Waals surface area contributed by atoms with Crippen LogP contribution in [0.1, 0.15) is 45.1 Å². The van der Waals surface area contributed by atoms with Crippen LogP contribution < -0.4 is 10.6 Å². The van der Waals surface area contributed by atoms with Crippen LogP contribution in [0.5, 0.6) is 0 Å². The van der Waals surface area contributed by atoms with Gasteiger partial charge in [-0.15, -0.1) is 0 Å². The summed E-state index contributed by atoms with van der Waals surface area (Å²) in [5.74, 6) is -0.0880. The van der Waals surface area contributed by atoms with Gasteiger partial charge in [-0.3, -0.25) is 19.2 Å². The van der Waals surface area contributed by atoms with Gasteiger partial charge in [0.2, 0.25) is 23.6 Å². The molecule has 0 spiro atoms. The lowest BCUT2D eigenvalue weighted by Crippen LogP contribution is -2.63. The summed E-state index contributed by atoms with van der Waals surface area (Å²) in [7, 11) is 0. The summed E-state index contributed by atoms with van der Waals surface area (Å²) in [5, 5.41) is 5.68. The van der Waals surface area contributed by atoms with Crippen molar-refractivity contribution in [3.63, 3.8) is 0 Å². The smallest absolute Gasteiger partial charge is 0.245 e. The predicted molar refractivity (Wildman–Crippen MR) is 123 cm³/mol. The molecule has 8 heteroatoms. The molecule has 0 aliphatic carbocycles. The Kier molecular flexibility index (Phi) is 7.00. The molecule has 3 aliphatic rings. The van der Waals surface area contributed by atoms with Crippen LogP contribution >= 0.6 is 0 Å². The van der Waals surface area contributed by atoms with Gasteiger partial charge in [0.1, 0.15) is 12.1 Å². The molecular formula is C25H34N4O4. The zero-order chi connectivity index (χ0) is 23.5. The van der Waals surface area contributed by atoms with Crippen molar-refractivity contribution >= 4 is 23.6 Å². The Bertz CT molecular complexity index is 905. The second-order valence-corrected chi connectivity index (χ2v) is 9.78. The van der Waals surface area contributed by atoms with E-state index in [0.717, 1.165) is 12.0 Å². The highest BCUT2D eigenvalue weighted by atomic mass is 16.2. The maximum Gasteiger partial charge on any atom is 0.245 e. The van der Waals surface area contributed by atoms with Crippen molar-refractivity contribution in [3.05, 3.63) is 35.9 Å². The molecule has 178 valence electrons. The molecule has 2 bridgehead atoms. The normalized spacial score (nSPS) is 31.0. The quantitative estimate of drug-likeness (QED) is 0.699. The van der Waals surface area contributed by atoms with Gasteiger partial charge >= 0.3 is 0 Å². The fourth-order valence-corrected chi connectivity index (χ4v) is 5.63. The number of carbonyl (C=O) groups excluding carboxylic acids is 4. The molecule has 1 aromatic rings. The predicted octanol–water partition coefficient (Wildman–Crippen LogP) is 1.10. The van der Waals surface area contributed by atoms with Crippen molar-refractivity contribution in [2.75, 3.05) is 19.6 Å². The molecule has 3 fully saturated rings. The van der Waals surface area contributed by atoms with Gasteiger partial charge < -0.3 is 20.4 Å². The summed E-state index contributed by atoms with van der Waals surface area (Å²) in [6.07, 6.45) is 3.04. The van der Waals surface area contributed by atoms with Crippen LogP contribution in [-0.2, 0) is 25.6 Å². The fraction of sp³-hybridized carbons (Fsp3) is 0.600. The molecule has 4 rings (SSSR count). The van der Waals surface area contributed by atoms with E-state index >= 15 is 0 Å². The molecule has 3 heterocycles. The van der Waals surface area contributed by atoms with Crippen molar-refractivity contribution in [1.29, 1.82) is 0 Å². The Balaban J connectivity index is 1.63. The van der Waals surface area contributed by atoms with Gasteiger partial charge in [-0.2, -0.15) is 0 Å². The number of nitrogens with one attached hydrogen (secondary N) is 2. The molecule has 3 saturated heterocycles. The van der Waals surface area contributed by atoms with Crippen LogP contribution in [0.4, 0.5) is 0 Å². The van der Waals surface area contributed by atoms with E-state index in [1.54, 1.807) is 13.8 Å². The van der Waals surface area contributed by atoms with E-state index in [4.69, 9.17) is 0 Å². The van der Waals surface area contributed by atoms with Crippen LogP contribution in [0.2, 0.25) is 0 Å². The second kappa shape index (κ2) is 9.93. The number of carbonyl (C=O) groups is 4. The molecule has 3 aliphatic heterocycles. The van der Waals surface area contributed by atoms with E-state index in [9.17, 15) is 19.2 Å². The Morgan fingerprint density at radius 3 is 2.55 bits per heavy atom. The first-order valence-electron chi connectivity index (χ1n) is 12.0. The van der Waals surface area contributed by atoms with Gasteiger partial charge in [-0.05, 0) is 43.6 Å². The van der Waals surface area contributed by atoms with Gasteiger partial charge in [0.05, 0.1) is 0 Å². The summed E-state index contributed by atoms with van der Waals surface area (Å²) in [6.45, 7) is 5.12. The zero-order valence-corrected chi connectivity index (χ0v) is 19.5. The fourth-order valence-electron chi connectivity index (χ4n) is 5.63. The van der Waals surface area contributed by atoms with Crippen LogP contribution in [-0.4, -0.2) is 71.2 Å². The van der Waals surface area contributed by atoms with Crippen LogP contribution in [0, 0.1) is 11.8 Å². The molecule has 0 unspecified atom stereocenters. The summed E-state index contributed by atoms with van der Waals surface area (Å²) in [4.78, 5) is 55.1. The molecule has 5 atom stereocenters. The van der Waals surface area contributed by atoms with E-state index in [1.165, 1.54) is 0 Å². The SMILES string of the molecule is CC(=O)N1C[C@@H]2C[C@H](C1)[C@@H]1CCCC(=O)N[C@H](C)C(=O)N[C@@H](Cc3ccccc3)C(=O)N1C2. The van der Waals surface area contributed by atoms with Crippen molar-refractivity contribution < 1.29 is 19.2 Å². The van der Waals surface area contributed by atoms with E-state index in [1.807, 2.05) is 40.1 Å². The van der Waals surface area contributed by atoms with E-state index in [0.29, 0.717) is 45.3 Å². The molecule has 0 radical (unpaired) electrons. The largest absolute Gasteiger partial charge is 0.345 e. The number of rotatable bonds is 2.